The third kappa shape index (κ3) is 3.56. The van der Waals surface area contributed by atoms with Gasteiger partial charge < -0.3 is 10.1 Å². The molecule has 0 amide bonds. The number of hydrogen-bond donors (Lipinski definition) is 1. The van der Waals surface area contributed by atoms with Crippen molar-refractivity contribution >= 4 is 32.4 Å². The molecule has 0 saturated carbocycles. The van der Waals surface area contributed by atoms with E-state index in [1.807, 2.05) is 42.5 Å². The van der Waals surface area contributed by atoms with Crippen LogP contribution in [0.25, 0.3) is 10.8 Å². The van der Waals surface area contributed by atoms with E-state index < -0.39 is 0 Å². The first-order chi connectivity index (χ1) is 10.3. The lowest BCUT2D eigenvalue weighted by atomic mass is 10.1. The van der Waals surface area contributed by atoms with Crippen molar-refractivity contribution in [2.75, 3.05) is 18.5 Å². The average Bonchev–Trinajstić information content (AvgIpc) is 2.52. The van der Waals surface area contributed by atoms with E-state index in [1.165, 1.54) is 5.39 Å². The first kappa shape index (κ1) is 14.0. The molecule has 0 spiro atoms. The first-order valence-corrected chi connectivity index (χ1v) is 7.72. The van der Waals surface area contributed by atoms with Crippen molar-refractivity contribution < 1.29 is 4.74 Å². The topological polar surface area (TPSA) is 21.3 Å². The molecule has 106 valence electrons. The molecule has 0 atom stereocenters. The summed E-state index contributed by atoms with van der Waals surface area (Å²) in [6.07, 6.45) is 0. The summed E-state index contributed by atoms with van der Waals surface area (Å²) in [5, 5.41) is 5.71. The number of halogens is 1. The molecule has 0 radical (unpaired) electrons. The first-order valence-electron chi connectivity index (χ1n) is 6.93. The van der Waals surface area contributed by atoms with Gasteiger partial charge in [-0.3, -0.25) is 0 Å². The molecule has 0 aromatic heterocycles. The smallest absolute Gasteiger partial charge is 0.127 e. The molecule has 2 nitrogen and oxygen atoms in total. The van der Waals surface area contributed by atoms with Crippen LogP contribution in [0.2, 0.25) is 0 Å². The fraction of sp³-hybridized carbons (Fsp3) is 0.111. The van der Waals surface area contributed by atoms with Crippen molar-refractivity contribution in [2.45, 2.75) is 0 Å². The summed E-state index contributed by atoms with van der Waals surface area (Å²) in [5.74, 6) is 0.934. The van der Waals surface area contributed by atoms with Crippen LogP contribution in [0, 0.1) is 0 Å². The maximum absolute atomic E-state index is 5.90. The van der Waals surface area contributed by atoms with E-state index >= 15 is 0 Å². The molecule has 21 heavy (non-hydrogen) atoms. The molecule has 0 fully saturated rings. The molecule has 0 heterocycles. The number of fused-ring (bicyclic) bond motifs is 1. The van der Waals surface area contributed by atoms with Gasteiger partial charge in [0.05, 0.1) is 0 Å². The Bertz CT molecular complexity index is 737. The maximum atomic E-state index is 5.90. The second kappa shape index (κ2) is 6.64. The third-order valence-corrected chi connectivity index (χ3v) is 3.76. The van der Waals surface area contributed by atoms with E-state index in [0.717, 1.165) is 27.8 Å². The highest BCUT2D eigenvalue weighted by Gasteiger charge is 2.00. The van der Waals surface area contributed by atoms with Gasteiger partial charge in [-0.05, 0) is 29.7 Å². The molecule has 3 heteroatoms. The summed E-state index contributed by atoms with van der Waals surface area (Å²) in [5.41, 5.74) is 1.09. The van der Waals surface area contributed by atoms with Crippen molar-refractivity contribution in [3.8, 4) is 5.75 Å². The lowest BCUT2D eigenvalue weighted by molar-refractivity contribution is 0.337. The van der Waals surface area contributed by atoms with Gasteiger partial charge in [0.25, 0.3) is 0 Å². The molecular weight excluding hydrogens is 326 g/mol. The summed E-state index contributed by atoms with van der Waals surface area (Å²) >= 11 is 3.46. The summed E-state index contributed by atoms with van der Waals surface area (Å²) in [6.45, 7) is 1.39. The van der Waals surface area contributed by atoms with Gasteiger partial charge in [0.2, 0.25) is 0 Å². The number of nitrogens with one attached hydrogen (secondary N) is 1. The SMILES string of the molecule is Brc1cccc(NCCOc2cccc3ccccc23)c1. The lowest BCUT2D eigenvalue weighted by Gasteiger charge is -2.11. The summed E-state index contributed by atoms with van der Waals surface area (Å²) in [7, 11) is 0. The molecule has 0 aliphatic heterocycles. The Morgan fingerprint density at radius 1 is 0.905 bits per heavy atom. The monoisotopic (exact) mass is 341 g/mol. The Balaban J connectivity index is 1.60. The third-order valence-electron chi connectivity index (χ3n) is 3.26. The Morgan fingerprint density at radius 3 is 2.62 bits per heavy atom. The van der Waals surface area contributed by atoms with Gasteiger partial charge in [0, 0.05) is 22.1 Å². The van der Waals surface area contributed by atoms with Gasteiger partial charge in [-0.2, -0.15) is 0 Å². The summed E-state index contributed by atoms with van der Waals surface area (Å²) < 4.78 is 6.97. The number of anilines is 1. The highest BCUT2D eigenvalue weighted by molar-refractivity contribution is 9.10. The predicted octanol–water partition coefficient (Wildman–Crippen LogP) is 5.09. The van der Waals surface area contributed by atoms with Gasteiger partial charge in [-0.1, -0.05) is 58.4 Å². The molecule has 3 aromatic rings. The number of rotatable bonds is 5. The van der Waals surface area contributed by atoms with Crippen LogP contribution in [0.5, 0.6) is 5.75 Å². The molecule has 0 bridgehead atoms. The predicted molar refractivity (Wildman–Crippen MR) is 92.1 cm³/mol. The van der Waals surface area contributed by atoms with Gasteiger partial charge in [-0.15, -0.1) is 0 Å². The van der Waals surface area contributed by atoms with Crippen molar-refractivity contribution in [3.63, 3.8) is 0 Å². The van der Waals surface area contributed by atoms with Crippen LogP contribution >= 0.6 is 15.9 Å². The second-order valence-electron chi connectivity index (χ2n) is 4.76. The zero-order chi connectivity index (χ0) is 14.5. The molecule has 3 aromatic carbocycles. The number of ether oxygens (including phenoxy) is 1. The van der Waals surface area contributed by atoms with Crippen LogP contribution in [0.3, 0.4) is 0 Å². The van der Waals surface area contributed by atoms with E-state index in [4.69, 9.17) is 4.74 Å². The fourth-order valence-electron chi connectivity index (χ4n) is 2.28. The Hall–Kier alpha value is -2.00. The summed E-state index contributed by atoms with van der Waals surface area (Å²) in [4.78, 5) is 0. The van der Waals surface area contributed by atoms with E-state index in [-0.39, 0.29) is 0 Å². The molecule has 1 N–H and O–H groups in total. The molecule has 0 unspecified atom stereocenters. The largest absolute Gasteiger partial charge is 0.491 e. The molecular formula is C18H16BrNO. The standard InChI is InChI=1S/C18H16BrNO/c19-15-7-4-8-16(13-15)20-11-12-21-18-10-3-6-14-5-1-2-9-17(14)18/h1-10,13,20H,11-12H2. The highest BCUT2D eigenvalue weighted by Crippen LogP contribution is 2.25. The minimum atomic E-state index is 0.626. The normalized spacial score (nSPS) is 10.5. The van der Waals surface area contributed by atoms with Crippen LogP contribution in [-0.2, 0) is 0 Å². The average molecular weight is 342 g/mol. The summed E-state index contributed by atoms with van der Waals surface area (Å²) in [6, 6.07) is 22.5. The molecule has 0 aliphatic carbocycles. The van der Waals surface area contributed by atoms with Gasteiger partial charge in [-0.25, -0.2) is 0 Å². The van der Waals surface area contributed by atoms with E-state index in [9.17, 15) is 0 Å². The van der Waals surface area contributed by atoms with Crippen molar-refractivity contribution in [2.24, 2.45) is 0 Å². The molecule has 0 saturated heterocycles. The van der Waals surface area contributed by atoms with E-state index in [0.29, 0.717) is 6.61 Å². The molecule has 0 aliphatic rings. The van der Waals surface area contributed by atoms with E-state index in [1.54, 1.807) is 0 Å². The van der Waals surface area contributed by atoms with Crippen LogP contribution in [-0.4, -0.2) is 13.2 Å². The van der Waals surface area contributed by atoms with Crippen molar-refractivity contribution in [3.05, 3.63) is 71.2 Å². The van der Waals surface area contributed by atoms with Gasteiger partial charge in [0.15, 0.2) is 0 Å². The lowest BCUT2D eigenvalue weighted by Crippen LogP contribution is -2.11. The zero-order valence-electron chi connectivity index (χ0n) is 11.6. The number of benzene rings is 3. The molecule has 3 rings (SSSR count). The van der Waals surface area contributed by atoms with Crippen LogP contribution in [0.15, 0.2) is 71.2 Å². The highest BCUT2D eigenvalue weighted by atomic mass is 79.9. The van der Waals surface area contributed by atoms with E-state index in [2.05, 4.69) is 45.5 Å². The van der Waals surface area contributed by atoms with Gasteiger partial charge in [0.1, 0.15) is 12.4 Å². The van der Waals surface area contributed by atoms with Crippen LogP contribution in [0.1, 0.15) is 0 Å². The fourth-order valence-corrected chi connectivity index (χ4v) is 2.68. The zero-order valence-corrected chi connectivity index (χ0v) is 13.1. The van der Waals surface area contributed by atoms with Crippen LogP contribution in [0.4, 0.5) is 5.69 Å². The minimum absolute atomic E-state index is 0.626. The Labute approximate surface area is 132 Å². The van der Waals surface area contributed by atoms with Gasteiger partial charge >= 0.3 is 0 Å². The van der Waals surface area contributed by atoms with Crippen molar-refractivity contribution in [1.82, 2.24) is 0 Å². The minimum Gasteiger partial charge on any atom is -0.491 e. The van der Waals surface area contributed by atoms with Crippen molar-refractivity contribution in [1.29, 1.82) is 0 Å². The quantitative estimate of drug-likeness (QED) is 0.652. The maximum Gasteiger partial charge on any atom is 0.127 e. The van der Waals surface area contributed by atoms with Crippen LogP contribution < -0.4 is 10.1 Å². The Kier molecular flexibility index (Phi) is 4.41. The second-order valence-corrected chi connectivity index (χ2v) is 5.68. The Morgan fingerprint density at radius 2 is 1.71 bits per heavy atom. The number of hydrogen-bond acceptors (Lipinski definition) is 2.